The van der Waals surface area contributed by atoms with Gasteiger partial charge in [-0.25, -0.2) is 5.01 Å². The molecule has 0 saturated carbocycles. The van der Waals surface area contributed by atoms with Crippen LogP contribution in [-0.4, -0.2) is 36.6 Å². The number of hydrogen-bond acceptors (Lipinski definition) is 6. The maximum atomic E-state index is 12.0. The van der Waals surface area contributed by atoms with Crippen molar-refractivity contribution in [1.29, 1.82) is 0 Å². The molecule has 0 aliphatic carbocycles. The molecule has 1 aliphatic rings. The molecule has 1 aliphatic heterocycles. The van der Waals surface area contributed by atoms with Crippen LogP contribution in [0.2, 0.25) is 0 Å². The van der Waals surface area contributed by atoms with Crippen LogP contribution in [0.25, 0.3) is 0 Å². The average molecular weight is 315 g/mol. The second kappa shape index (κ2) is 7.97. The Balaban J connectivity index is 0.00000220. The van der Waals surface area contributed by atoms with E-state index in [1.54, 1.807) is 0 Å². The van der Waals surface area contributed by atoms with Crippen molar-refractivity contribution in [3.05, 3.63) is 35.9 Å². The molecular weight excluding hydrogens is 296 g/mol. The summed E-state index contributed by atoms with van der Waals surface area (Å²) in [7, 11) is 1.30. The fraction of sp³-hybridized carbons (Fsp3) is 0.429. The van der Waals surface area contributed by atoms with Gasteiger partial charge in [0.15, 0.2) is 0 Å². The molecular formula is C14H19ClN2O4. The quantitative estimate of drug-likeness (QED) is 0.656. The SMILES string of the molecule is COC(=O)[C@H]1C[C@@H](C(=O)OCc2ccccc2)CN1N.Cl. The van der Waals surface area contributed by atoms with Crippen molar-refractivity contribution in [2.24, 2.45) is 11.8 Å². The molecule has 2 rings (SSSR count). The highest BCUT2D eigenvalue weighted by Crippen LogP contribution is 2.22. The lowest BCUT2D eigenvalue weighted by Crippen LogP contribution is -2.41. The van der Waals surface area contributed by atoms with Crippen LogP contribution in [0.3, 0.4) is 0 Å². The molecule has 0 bridgehead atoms. The fourth-order valence-electron chi connectivity index (χ4n) is 2.25. The average Bonchev–Trinajstić information content (AvgIpc) is 2.87. The molecule has 1 aromatic rings. The van der Waals surface area contributed by atoms with E-state index >= 15 is 0 Å². The lowest BCUT2D eigenvalue weighted by atomic mass is 10.1. The predicted octanol–water partition coefficient (Wildman–Crippen LogP) is 0.889. The maximum Gasteiger partial charge on any atom is 0.324 e. The minimum absolute atomic E-state index is 0. The number of halogens is 1. The lowest BCUT2D eigenvalue weighted by Gasteiger charge is -2.15. The normalized spacial score (nSPS) is 21.4. The molecule has 0 spiro atoms. The molecule has 1 saturated heterocycles. The first-order valence-corrected chi connectivity index (χ1v) is 6.41. The van der Waals surface area contributed by atoms with Crippen LogP contribution in [-0.2, 0) is 25.7 Å². The van der Waals surface area contributed by atoms with Crippen molar-refractivity contribution in [2.45, 2.75) is 19.1 Å². The first-order valence-electron chi connectivity index (χ1n) is 6.41. The number of rotatable bonds is 4. The predicted molar refractivity (Wildman–Crippen MR) is 78.3 cm³/mol. The van der Waals surface area contributed by atoms with Crippen LogP contribution in [0.5, 0.6) is 0 Å². The monoisotopic (exact) mass is 314 g/mol. The summed E-state index contributed by atoms with van der Waals surface area (Å²) >= 11 is 0. The van der Waals surface area contributed by atoms with Crippen LogP contribution in [0, 0.1) is 5.92 Å². The number of carbonyl (C=O) groups is 2. The molecule has 21 heavy (non-hydrogen) atoms. The van der Waals surface area contributed by atoms with Crippen molar-refractivity contribution < 1.29 is 19.1 Å². The number of ether oxygens (including phenoxy) is 2. The Labute approximate surface area is 129 Å². The molecule has 0 aromatic heterocycles. The van der Waals surface area contributed by atoms with Gasteiger partial charge in [-0.2, -0.15) is 0 Å². The number of benzene rings is 1. The molecule has 2 atom stereocenters. The van der Waals surface area contributed by atoms with Gasteiger partial charge in [0.2, 0.25) is 0 Å². The molecule has 1 fully saturated rings. The topological polar surface area (TPSA) is 81.9 Å². The molecule has 6 nitrogen and oxygen atoms in total. The Morgan fingerprint density at radius 1 is 1.29 bits per heavy atom. The van der Waals surface area contributed by atoms with Gasteiger partial charge in [-0.05, 0) is 12.0 Å². The number of nitrogens with two attached hydrogens (primary N) is 1. The molecule has 0 unspecified atom stereocenters. The van der Waals surface area contributed by atoms with Gasteiger partial charge >= 0.3 is 11.9 Å². The van der Waals surface area contributed by atoms with Gasteiger partial charge in [0.1, 0.15) is 12.6 Å². The highest BCUT2D eigenvalue weighted by atomic mass is 35.5. The van der Waals surface area contributed by atoms with Gasteiger partial charge in [0, 0.05) is 6.54 Å². The zero-order valence-corrected chi connectivity index (χ0v) is 12.5. The summed E-state index contributed by atoms with van der Waals surface area (Å²) in [6, 6.07) is 8.86. The van der Waals surface area contributed by atoms with Gasteiger partial charge in [-0.3, -0.25) is 15.4 Å². The van der Waals surface area contributed by atoms with E-state index in [0.29, 0.717) is 13.0 Å². The van der Waals surface area contributed by atoms with Crippen LogP contribution >= 0.6 is 12.4 Å². The molecule has 1 aromatic carbocycles. The lowest BCUT2D eigenvalue weighted by molar-refractivity contribution is -0.149. The van der Waals surface area contributed by atoms with Gasteiger partial charge in [-0.1, -0.05) is 30.3 Å². The summed E-state index contributed by atoms with van der Waals surface area (Å²) in [4.78, 5) is 23.4. The number of methoxy groups -OCH3 is 1. The fourth-order valence-corrected chi connectivity index (χ4v) is 2.25. The maximum absolute atomic E-state index is 12.0. The second-order valence-corrected chi connectivity index (χ2v) is 4.76. The summed E-state index contributed by atoms with van der Waals surface area (Å²) in [5.41, 5.74) is 0.924. The highest BCUT2D eigenvalue weighted by molar-refractivity contribution is 5.85. The van der Waals surface area contributed by atoms with Crippen molar-refractivity contribution in [3.63, 3.8) is 0 Å². The standard InChI is InChI=1S/C14H18N2O4.ClH/c1-19-14(18)12-7-11(8-16(12)15)13(17)20-9-10-5-3-2-4-6-10;/h2-6,11-12H,7-9,15H2,1H3;1H/t11-,12-;/m1./s1. The van der Waals surface area contributed by atoms with E-state index in [9.17, 15) is 9.59 Å². The Kier molecular flexibility index (Phi) is 6.61. The summed E-state index contributed by atoms with van der Waals surface area (Å²) in [6.45, 7) is 0.525. The largest absolute Gasteiger partial charge is 0.468 e. The highest BCUT2D eigenvalue weighted by Gasteiger charge is 2.40. The number of esters is 2. The third-order valence-corrected chi connectivity index (χ3v) is 3.37. The number of hydrazine groups is 1. The summed E-state index contributed by atoms with van der Waals surface area (Å²) in [6.07, 6.45) is 0.330. The minimum Gasteiger partial charge on any atom is -0.468 e. The van der Waals surface area contributed by atoms with Crippen LogP contribution < -0.4 is 5.84 Å². The van der Waals surface area contributed by atoms with E-state index in [1.165, 1.54) is 12.1 Å². The van der Waals surface area contributed by atoms with Crippen molar-refractivity contribution in [2.75, 3.05) is 13.7 Å². The molecule has 0 amide bonds. The first-order chi connectivity index (χ1) is 9.61. The van der Waals surface area contributed by atoms with E-state index in [0.717, 1.165) is 5.56 Å². The van der Waals surface area contributed by atoms with E-state index in [1.807, 2.05) is 30.3 Å². The van der Waals surface area contributed by atoms with Crippen molar-refractivity contribution >= 4 is 24.3 Å². The number of hydrogen-bond donors (Lipinski definition) is 1. The zero-order valence-electron chi connectivity index (χ0n) is 11.7. The molecule has 116 valence electrons. The van der Waals surface area contributed by atoms with E-state index < -0.39 is 17.9 Å². The van der Waals surface area contributed by atoms with Gasteiger partial charge in [-0.15, -0.1) is 12.4 Å². The second-order valence-electron chi connectivity index (χ2n) is 4.76. The van der Waals surface area contributed by atoms with Crippen LogP contribution in [0.4, 0.5) is 0 Å². The molecule has 1 heterocycles. The minimum atomic E-state index is -0.575. The smallest absolute Gasteiger partial charge is 0.324 e. The van der Waals surface area contributed by atoms with E-state index in [4.69, 9.17) is 10.6 Å². The zero-order chi connectivity index (χ0) is 14.5. The Morgan fingerprint density at radius 2 is 1.95 bits per heavy atom. The molecule has 0 radical (unpaired) electrons. The van der Waals surface area contributed by atoms with Crippen molar-refractivity contribution in [3.8, 4) is 0 Å². The summed E-state index contributed by atoms with van der Waals surface area (Å²) < 4.78 is 9.90. The Hall–Kier alpha value is -1.63. The van der Waals surface area contributed by atoms with Crippen LogP contribution in [0.1, 0.15) is 12.0 Å². The first kappa shape index (κ1) is 17.4. The Morgan fingerprint density at radius 3 is 2.57 bits per heavy atom. The van der Waals surface area contributed by atoms with Crippen molar-refractivity contribution in [1.82, 2.24) is 5.01 Å². The third kappa shape index (κ3) is 4.42. The molecule has 2 N–H and O–H groups in total. The van der Waals surface area contributed by atoms with Gasteiger partial charge < -0.3 is 9.47 Å². The summed E-state index contributed by atoms with van der Waals surface area (Å²) in [5.74, 6) is 4.56. The van der Waals surface area contributed by atoms with Crippen LogP contribution in [0.15, 0.2) is 30.3 Å². The summed E-state index contributed by atoms with van der Waals surface area (Å²) in [5, 5.41) is 1.33. The van der Waals surface area contributed by atoms with Gasteiger partial charge in [0.05, 0.1) is 13.0 Å². The Bertz CT molecular complexity index is 483. The molecule has 7 heteroatoms. The van der Waals surface area contributed by atoms with E-state index in [-0.39, 0.29) is 25.0 Å². The third-order valence-electron chi connectivity index (χ3n) is 3.37. The van der Waals surface area contributed by atoms with E-state index in [2.05, 4.69) is 4.74 Å². The van der Waals surface area contributed by atoms with Gasteiger partial charge in [0.25, 0.3) is 0 Å². The number of carbonyl (C=O) groups excluding carboxylic acids is 2. The number of nitrogens with zero attached hydrogens (tertiary/aromatic N) is 1.